The lowest BCUT2D eigenvalue weighted by molar-refractivity contribution is -0.652. The zero-order valence-electron chi connectivity index (χ0n) is 16.7. The van der Waals surface area contributed by atoms with Crippen LogP contribution in [0.15, 0.2) is 89.3 Å². The highest BCUT2D eigenvalue weighted by Crippen LogP contribution is 2.40. The summed E-state index contributed by atoms with van der Waals surface area (Å²) in [6.45, 7) is 0. The molecule has 0 N–H and O–H groups in total. The van der Waals surface area contributed by atoms with E-state index in [2.05, 4.69) is 58.1 Å². The highest BCUT2D eigenvalue weighted by Gasteiger charge is 2.27. The van der Waals surface area contributed by atoms with Gasteiger partial charge in [0.05, 0.1) is 11.2 Å². The van der Waals surface area contributed by atoms with Gasteiger partial charge in [0.25, 0.3) is 5.52 Å². The zero-order valence-corrected chi connectivity index (χ0v) is 16.7. The number of nitrogens with zero attached hydrogens (tertiary/aromatic N) is 3. The molecule has 1 aliphatic heterocycles. The minimum Gasteiger partial charge on any atom is -0.438 e. The van der Waals surface area contributed by atoms with E-state index in [9.17, 15) is 0 Å². The third-order valence-electron chi connectivity index (χ3n) is 5.75. The average molecular weight is 394 g/mol. The minimum absolute atomic E-state index is 0.731. The zero-order chi connectivity index (χ0) is 20.2. The normalized spacial score (nSPS) is 14.6. The van der Waals surface area contributed by atoms with Crippen LogP contribution >= 0.6 is 0 Å². The number of ether oxygens (including phenoxy) is 1. The smallest absolute Gasteiger partial charge is 0.379 e. The van der Waals surface area contributed by atoms with Crippen molar-refractivity contribution in [3.8, 4) is 11.4 Å². The summed E-state index contributed by atoms with van der Waals surface area (Å²) in [5.41, 5.74) is 5.20. The Morgan fingerprint density at radius 3 is 2.67 bits per heavy atom. The third kappa shape index (κ3) is 2.45. The molecule has 0 fully saturated rings. The van der Waals surface area contributed by atoms with Gasteiger partial charge in [0, 0.05) is 25.0 Å². The molecule has 6 rings (SSSR count). The molecule has 1 aliphatic rings. The van der Waals surface area contributed by atoms with E-state index in [0.29, 0.717) is 0 Å². The largest absolute Gasteiger partial charge is 0.438 e. The minimum atomic E-state index is 0.731. The van der Waals surface area contributed by atoms with Gasteiger partial charge in [-0.2, -0.15) is 4.57 Å². The lowest BCUT2D eigenvalue weighted by atomic mass is 10.2. The lowest BCUT2D eigenvalue weighted by Crippen LogP contribution is -2.29. The van der Waals surface area contributed by atoms with Crippen molar-refractivity contribution >= 4 is 33.8 Å². The molecule has 0 spiro atoms. The Hall–Kier alpha value is -3.99. The first-order valence-corrected chi connectivity index (χ1v) is 9.90. The molecule has 5 aromatic rings. The van der Waals surface area contributed by atoms with Crippen molar-refractivity contribution in [1.82, 2.24) is 4.57 Å². The van der Waals surface area contributed by atoms with Crippen LogP contribution in [0.3, 0.4) is 0 Å². The van der Waals surface area contributed by atoms with E-state index in [1.54, 1.807) is 0 Å². The Bertz CT molecular complexity index is 1460. The summed E-state index contributed by atoms with van der Waals surface area (Å²) in [4.78, 5) is 2.05. The average Bonchev–Trinajstić information content (AvgIpc) is 3.43. The highest BCUT2D eigenvalue weighted by atomic mass is 16.5. The first kappa shape index (κ1) is 16.9. The molecule has 0 amide bonds. The molecular weight excluding hydrogens is 374 g/mol. The Morgan fingerprint density at radius 1 is 0.933 bits per heavy atom. The van der Waals surface area contributed by atoms with E-state index >= 15 is 0 Å². The quantitative estimate of drug-likeness (QED) is 0.394. The van der Waals surface area contributed by atoms with Crippen LogP contribution in [-0.4, -0.2) is 11.6 Å². The summed E-state index contributed by atoms with van der Waals surface area (Å²) < 4.78 is 16.4. The number of benzene rings is 3. The fourth-order valence-electron chi connectivity index (χ4n) is 4.09. The van der Waals surface area contributed by atoms with Crippen LogP contribution in [0.1, 0.15) is 5.89 Å². The molecule has 146 valence electrons. The van der Waals surface area contributed by atoms with Crippen molar-refractivity contribution in [2.45, 2.75) is 0 Å². The Labute approximate surface area is 173 Å². The molecule has 5 heteroatoms. The second-order valence-corrected chi connectivity index (χ2v) is 7.51. The van der Waals surface area contributed by atoms with Crippen molar-refractivity contribution in [2.24, 2.45) is 7.05 Å². The van der Waals surface area contributed by atoms with Gasteiger partial charge in [-0.05, 0) is 41.8 Å². The third-order valence-corrected chi connectivity index (χ3v) is 5.75. The summed E-state index contributed by atoms with van der Waals surface area (Å²) in [7, 11) is 4.01. The SMILES string of the molecule is CN1C(=Cc2oc3ccccc3[n+]2C)Oc2ccc(-n3ccc4ccccc43)cc21. The number of para-hydroxylation sites is 3. The summed E-state index contributed by atoms with van der Waals surface area (Å²) in [6.07, 6.45) is 4.04. The highest BCUT2D eigenvalue weighted by molar-refractivity contribution is 5.83. The van der Waals surface area contributed by atoms with Gasteiger partial charge in [-0.1, -0.05) is 30.3 Å². The Morgan fingerprint density at radius 2 is 1.77 bits per heavy atom. The monoisotopic (exact) mass is 394 g/mol. The van der Waals surface area contributed by atoms with Crippen LogP contribution in [0.25, 0.3) is 33.8 Å². The fraction of sp³-hybridized carbons (Fsp3) is 0.0800. The van der Waals surface area contributed by atoms with Gasteiger partial charge in [0.1, 0.15) is 13.1 Å². The maximum absolute atomic E-state index is 6.14. The van der Waals surface area contributed by atoms with Crippen LogP contribution in [0, 0.1) is 0 Å². The number of fused-ring (bicyclic) bond motifs is 3. The predicted molar refractivity (Wildman–Crippen MR) is 118 cm³/mol. The second-order valence-electron chi connectivity index (χ2n) is 7.51. The van der Waals surface area contributed by atoms with E-state index < -0.39 is 0 Å². The van der Waals surface area contributed by atoms with Crippen LogP contribution < -0.4 is 14.2 Å². The topological polar surface area (TPSA) is 34.4 Å². The Kier molecular flexibility index (Phi) is 3.53. The molecular formula is C25H20N3O2+. The van der Waals surface area contributed by atoms with E-state index in [1.165, 1.54) is 10.9 Å². The predicted octanol–water partition coefficient (Wildman–Crippen LogP) is 5.03. The van der Waals surface area contributed by atoms with Gasteiger partial charge < -0.3 is 18.6 Å². The first-order chi connectivity index (χ1) is 14.7. The summed E-state index contributed by atoms with van der Waals surface area (Å²) >= 11 is 0. The number of hydrogen-bond donors (Lipinski definition) is 0. The van der Waals surface area contributed by atoms with Gasteiger partial charge in [0.2, 0.25) is 11.5 Å². The van der Waals surface area contributed by atoms with Crippen molar-refractivity contribution < 1.29 is 13.7 Å². The maximum atomic E-state index is 6.14. The van der Waals surface area contributed by atoms with Crippen LogP contribution in [0.2, 0.25) is 0 Å². The second kappa shape index (κ2) is 6.26. The molecule has 0 saturated heterocycles. The van der Waals surface area contributed by atoms with E-state index in [0.717, 1.165) is 40.0 Å². The van der Waals surface area contributed by atoms with E-state index in [1.807, 2.05) is 55.1 Å². The summed E-state index contributed by atoms with van der Waals surface area (Å²) in [5.74, 6) is 2.30. The van der Waals surface area contributed by atoms with Gasteiger partial charge in [0.15, 0.2) is 5.75 Å². The molecule has 3 heterocycles. The molecule has 30 heavy (non-hydrogen) atoms. The van der Waals surface area contributed by atoms with E-state index in [-0.39, 0.29) is 0 Å². The number of rotatable bonds is 2. The molecule has 0 radical (unpaired) electrons. The fourth-order valence-corrected chi connectivity index (χ4v) is 4.09. The Balaban J connectivity index is 1.40. The molecule has 3 aromatic carbocycles. The summed E-state index contributed by atoms with van der Waals surface area (Å²) in [5, 5.41) is 1.22. The first-order valence-electron chi connectivity index (χ1n) is 9.90. The lowest BCUT2D eigenvalue weighted by Gasteiger charge is -2.12. The van der Waals surface area contributed by atoms with Crippen molar-refractivity contribution in [1.29, 1.82) is 0 Å². The molecule has 0 bridgehead atoms. The van der Waals surface area contributed by atoms with Crippen LogP contribution in [0.5, 0.6) is 5.75 Å². The number of hydrogen-bond acceptors (Lipinski definition) is 3. The molecule has 0 saturated carbocycles. The summed E-state index contributed by atoms with van der Waals surface area (Å²) in [6, 6.07) is 24.8. The van der Waals surface area contributed by atoms with Crippen molar-refractivity contribution in [3.63, 3.8) is 0 Å². The maximum Gasteiger partial charge on any atom is 0.379 e. The van der Waals surface area contributed by atoms with Crippen molar-refractivity contribution in [3.05, 3.63) is 90.8 Å². The van der Waals surface area contributed by atoms with Gasteiger partial charge in [-0.15, -0.1) is 0 Å². The number of aryl methyl sites for hydroxylation is 1. The molecule has 5 nitrogen and oxygen atoms in total. The number of aromatic nitrogens is 2. The van der Waals surface area contributed by atoms with E-state index in [4.69, 9.17) is 9.15 Å². The molecule has 0 unspecified atom stereocenters. The molecule has 0 atom stereocenters. The van der Waals surface area contributed by atoms with Crippen LogP contribution in [-0.2, 0) is 7.05 Å². The number of oxazole rings is 1. The van der Waals surface area contributed by atoms with Crippen molar-refractivity contribution in [2.75, 3.05) is 11.9 Å². The molecule has 2 aromatic heterocycles. The van der Waals surface area contributed by atoms with Crippen LogP contribution in [0.4, 0.5) is 5.69 Å². The number of anilines is 1. The van der Waals surface area contributed by atoms with Gasteiger partial charge >= 0.3 is 5.89 Å². The standard InChI is InChI=1S/C25H20N3O2/c1-26-20-9-5-6-10-22(20)29-24(26)16-25-27(2)21-15-18(11-12-23(21)30-25)28-14-13-17-7-3-4-8-19(17)28/h3-16H,1-2H3/q+1. The molecule has 0 aliphatic carbocycles. The van der Waals surface area contributed by atoms with Gasteiger partial charge in [-0.25, -0.2) is 0 Å². The van der Waals surface area contributed by atoms with Gasteiger partial charge in [-0.3, -0.25) is 0 Å².